The Morgan fingerprint density at radius 2 is 2.13 bits per heavy atom. The molecule has 1 aliphatic heterocycles. The quantitative estimate of drug-likeness (QED) is 0.941. The average Bonchev–Trinajstić information content (AvgIpc) is 3.07. The van der Waals surface area contributed by atoms with Crippen LogP contribution in [0.15, 0.2) is 30.7 Å². The van der Waals surface area contributed by atoms with Gasteiger partial charge in [0.25, 0.3) is 5.91 Å². The van der Waals surface area contributed by atoms with Gasteiger partial charge in [0, 0.05) is 37.6 Å². The molecule has 1 saturated heterocycles. The number of hydrogen-bond acceptors (Lipinski definition) is 4. The third-order valence-electron chi connectivity index (χ3n) is 4.56. The molecule has 2 aliphatic rings. The molecule has 1 aliphatic carbocycles. The van der Waals surface area contributed by atoms with Gasteiger partial charge in [0.05, 0.1) is 17.8 Å². The van der Waals surface area contributed by atoms with Crippen molar-refractivity contribution in [3.05, 3.63) is 41.9 Å². The Morgan fingerprint density at radius 3 is 2.78 bits per heavy atom. The third-order valence-corrected chi connectivity index (χ3v) is 4.56. The zero-order valence-electron chi connectivity index (χ0n) is 13.3. The Morgan fingerprint density at radius 1 is 1.26 bits per heavy atom. The lowest BCUT2D eigenvalue weighted by molar-refractivity contribution is 0.0735. The number of pyridine rings is 1. The van der Waals surface area contributed by atoms with Crippen molar-refractivity contribution in [1.29, 1.82) is 0 Å². The maximum absolute atomic E-state index is 12.8. The van der Waals surface area contributed by atoms with E-state index >= 15 is 0 Å². The molecular formula is C17H21N5O. The number of aryl methyl sites for hydroxylation is 1. The fourth-order valence-electron chi connectivity index (χ4n) is 3.18. The number of aromatic nitrogens is 3. The topological polar surface area (TPSA) is 63.1 Å². The van der Waals surface area contributed by atoms with E-state index < -0.39 is 0 Å². The molecule has 0 aromatic carbocycles. The molecule has 0 radical (unpaired) electrons. The van der Waals surface area contributed by atoms with Gasteiger partial charge in [0.2, 0.25) is 0 Å². The molecule has 1 atom stereocenters. The summed E-state index contributed by atoms with van der Waals surface area (Å²) in [5.74, 6) is 0.913. The summed E-state index contributed by atoms with van der Waals surface area (Å²) < 4.78 is 1.79. The van der Waals surface area contributed by atoms with Crippen molar-refractivity contribution >= 4 is 11.7 Å². The minimum Gasteiger partial charge on any atom is -0.367 e. The maximum Gasteiger partial charge on any atom is 0.255 e. The number of carbonyl (C=O) groups excluding carboxylic acids is 1. The molecule has 23 heavy (non-hydrogen) atoms. The first kappa shape index (κ1) is 14.2. The summed E-state index contributed by atoms with van der Waals surface area (Å²) >= 11 is 0. The third kappa shape index (κ3) is 2.93. The van der Waals surface area contributed by atoms with Gasteiger partial charge in [-0.15, -0.1) is 0 Å². The van der Waals surface area contributed by atoms with E-state index in [1.165, 1.54) is 12.8 Å². The van der Waals surface area contributed by atoms with Crippen LogP contribution in [0.2, 0.25) is 0 Å². The van der Waals surface area contributed by atoms with Crippen LogP contribution in [0.5, 0.6) is 0 Å². The largest absolute Gasteiger partial charge is 0.367 e. The molecule has 0 unspecified atom stereocenters. The minimum absolute atomic E-state index is 0.0572. The minimum atomic E-state index is 0.0572. The van der Waals surface area contributed by atoms with Crippen LogP contribution in [-0.4, -0.2) is 38.2 Å². The number of anilines is 1. The number of amides is 1. The number of nitrogens with zero attached hydrogens (tertiary/aromatic N) is 4. The molecular weight excluding hydrogens is 290 g/mol. The van der Waals surface area contributed by atoms with Gasteiger partial charge < -0.3 is 10.2 Å². The molecule has 2 aromatic rings. The van der Waals surface area contributed by atoms with Crippen LogP contribution in [0.3, 0.4) is 0 Å². The van der Waals surface area contributed by atoms with Crippen LogP contribution in [0, 0.1) is 0 Å². The van der Waals surface area contributed by atoms with Gasteiger partial charge >= 0.3 is 0 Å². The predicted molar refractivity (Wildman–Crippen MR) is 87.1 cm³/mol. The zero-order valence-corrected chi connectivity index (χ0v) is 13.3. The molecule has 6 nitrogen and oxygen atoms in total. The summed E-state index contributed by atoms with van der Waals surface area (Å²) in [4.78, 5) is 19.1. The molecule has 120 valence electrons. The van der Waals surface area contributed by atoms with Gasteiger partial charge in [-0.3, -0.25) is 9.48 Å². The second-order valence-electron chi connectivity index (χ2n) is 6.45. The highest BCUT2D eigenvalue weighted by Crippen LogP contribution is 2.33. The second-order valence-corrected chi connectivity index (χ2v) is 6.45. The summed E-state index contributed by atoms with van der Waals surface area (Å²) in [7, 11) is 1.90. The number of carbonyl (C=O) groups is 1. The van der Waals surface area contributed by atoms with Gasteiger partial charge in [0.15, 0.2) is 0 Å². The van der Waals surface area contributed by atoms with E-state index in [4.69, 9.17) is 0 Å². The van der Waals surface area contributed by atoms with E-state index in [1.807, 2.05) is 36.5 Å². The lowest BCUT2D eigenvalue weighted by atomic mass is 10.1. The normalized spacial score (nSPS) is 20.7. The second kappa shape index (κ2) is 5.68. The molecule has 0 spiro atoms. The molecule has 2 aromatic heterocycles. The molecule has 3 heterocycles. The summed E-state index contributed by atoms with van der Waals surface area (Å²) in [6, 6.07) is 4.47. The van der Waals surface area contributed by atoms with Crippen molar-refractivity contribution in [2.75, 3.05) is 11.9 Å². The van der Waals surface area contributed by atoms with Crippen LogP contribution in [0.4, 0.5) is 5.82 Å². The molecule has 1 N–H and O–H groups in total. The Labute approximate surface area is 135 Å². The lowest BCUT2D eigenvalue weighted by Crippen LogP contribution is -2.30. The number of nitrogens with one attached hydrogen (secondary N) is 1. The summed E-state index contributed by atoms with van der Waals surface area (Å²) in [5.41, 5.74) is 1.76. The molecule has 1 amide bonds. The van der Waals surface area contributed by atoms with E-state index in [9.17, 15) is 4.79 Å². The molecule has 6 heteroatoms. The van der Waals surface area contributed by atoms with Crippen molar-refractivity contribution < 1.29 is 4.79 Å². The summed E-state index contributed by atoms with van der Waals surface area (Å²) in [6.45, 7) is 0.792. The van der Waals surface area contributed by atoms with Gasteiger partial charge in [-0.05, 0) is 37.8 Å². The smallest absolute Gasteiger partial charge is 0.255 e. The van der Waals surface area contributed by atoms with Crippen LogP contribution < -0.4 is 5.32 Å². The average molecular weight is 311 g/mol. The first-order chi connectivity index (χ1) is 11.2. The highest BCUT2D eigenvalue weighted by molar-refractivity contribution is 5.94. The fraction of sp³-hybridized carbons (Fsp3) is 0.471. The van der Waals surface area contributed by atoms with Crippen LogP contribution in [0.25, 0.3) is 0 Å². The van der Waals surface area contributed by atoms with E-state index in [1.54, 1.807) is 10.9 Å². The Balaban J connectivity index is 1.50. The zero-order chi connectivity index (χ0) is 15.8. The van der Waals surface area contributed by atoms with Gasteiger partial charge in [-0.1, -0.05) is 0 Å². The Bertz CT molecular complexity index is 704. The highest BCUT2D eigenvalue weighted by Gasteiger charge is 2.31. The van der Waals surface area contributed by atoms with E-state index in [2.05, 4.69) is 15.4 Å². The van der Waals surface area contributed by atoms with Crippen molar-refractivity contribution in [2.24, 2.45) is 7.05 Å². The van der Waals surface area contributed by atoms with E-state index in [0.29, 0.717) is 11.6 Å². The van der Waals surface area contributed by atoms with E-state index in [0.717, 1.165) is 30.8 Å². The highest BCUT2D eigenvalue weighted by atomic mass is 16.2. The Kier molecular flexibility index (Phi) is 3.52. The van der Waals surface area contributed by atoms with Crippen LogP contribution in [-0.2, 0) is 7.05 Å². The van der Waals surface area contributed by atoms with Gasteiger partial charge in [-0.25, -0.2) is 4.98 Å². The molecule has 0 bridgehead atoms. The monoisotopic (exact) mass is 311 g/mol. The molecule has 4 rings (SSSR count). The van der Waals surface area contributed by atoms with Gasteiger partial charge in [0.1, 0.15) is 5.82 Å². The van der Waals surface area contributed by atoms with Crippen LogP contribution in [0.1, 0.15) is 47.6 Å². The van der Waals surface area contributed by atoms with Crippen molar-refractivity contribution in [2.45, 2.75) is 37.8 Å². The Hall–Kier alpha value is -2.37. The molecule has 1 saturated carbocycles. The number of rotatable bonds is 4. The van der Waals surface area contributed by atoms with Crippen molar-refractivity contribution in [3.8, 4) is 0 Å². The maximum atomic E-state index is 12.8. The fourth-order valence-corrected chi connectivity index (χ4v) is 3.18. The predicted octanol–water partition coefficient (Wildman–Crippen LogP) is 2.37. The van der Waals surface area contributed by atoms with Crippen LogP contribution >= 0.6 is 0 Å². The first-order valence-corrected chi connectivity index (χ1v) is 8.23. The lowest BCUT2D eigenvalue weighted by Gasteiger charge is -2.24. The first-order valence-electron chi connectivity index (χ1n) is 8.23. The van der Waals surface area contributed by atoms with Crippen molar-refractivity contribution in [1.82, 2.24) is 19.7 Å². The van der Waals surface area contributed by atoms with Gasteiger partial charge in [-0.2, -0.15) is 5.10 Å². The standard InChI is InChI=1S/C17H21N5O/c1-21-11-13(10-19-21)15-3-2-8-22(15)17(23)12-4-7-16(18-9-12)20-14-5-6-14/h4,7,9-11,14-15H,2-3,5-6,8H2,1H3,(H,18,20)/t15-/m1/s1. The number of hydrogen-bond donors (Lipinski definition) is 1. The number of likely N-dealkylation sites (tertiary alicyclic amines) is 1. The van der Waals surface area contributed by atoms with E-state index in [-0.39, 0.29) is 11.9 Å². The summed E-state index contributed by atoms with van der Waals surface area (Å²) in [5, 5.41) is 7.57. The summed E-state index contributed by atoms with van der Waals surface area (Å²) in [6.07, 6.45) is 9.98. The SMILES string of the molecule is Cn1cc([C@H]2CCCN2C(=O)c2ccc(NC3CC3)nc2)cn1. The van der Waals surface area contributed by atoms with Crippen molar-refractivity contribution in [3.63, 3.8) is 0 Å². The molecule has 2 fully saturated rings.